The van der Waals surface area contributed by atoms with Gasteiger partial charge < -0.3 is 14.8 Å². The molecule has 152 valence electrons. The molecule has 6 nitrogen and oxygen atoms in total. The molecule has 0 spiro atoms. The van der Waals surface area contributed by atoms with Gasteiger partial charge in [-0.3, -0.25) is 4.79 Å². The average molecular weight is 394 g/mol. The molecular weight excluding hydrogens is 368 g/mol. The normalized spacial score (nSPS) is 11.8. The maximum atomic E-state index is 12.1. The Balaban J connectivity index is 1.80. The molecule has 2 aromatic carbocycles. The van der Waals surface area contributed by atoms with Crippen LogP contribution >= 0.6 is 0 Å². The van der Waals surface area contributed by atoms with Crippen LogP contribution in [0.4, 0.5) is 5.69 Å². The first-order valence-electron chi connectivity index (χ1n) is 9.38. The van der Waals surface area contributed by atoms with Crippen LogP contribution in [0.3, 0.4) is 0 Å². The van der Waals surface area contributed by atoms with E-state index in [4.69, 9.17) is 14.7 Å². The Morgan fingerprint density at radius 3 is 2.24 bits per heavy atom. The Morgan fingerprint density at radius 2 is 1.69 bits per heavy atom. The summed E-state index contributed by atoms with van der Waals surface area (Å²) in [5.74, 6) is -0.512. The Bertz CT molecular complexity index is 875. The zero-order valence-electron chi connectivity index (χ0n) is 17.2. The molecule has 6 heteroatoms. The third-order valence-electron chi connectivity index (χ3n) is 4.23. The lowest BCUT2D eigenvalue weighted by atomic mass is 9.87. The van der Waals surface area contributed by atoms with Crippen LogP contribution < -0.4 is 10.1 Å². The number of nitrogens with one attached hydrogen (secondary N) is 1. The quantitative estimate of drug-likeness (QED) is 0.717. The number of carbonyl (C=O) groups excluding carboxylic acids is 2. The predicted octanol–water partition coefficient (Wildman–Crippen LogP) is 4.00. The topological polar surface area (TPSA) is 88.4 Å². The summed E-state index contributed by atoms with van der Waals surface area (Å²) < 4.78 is 10.6. The zero-order chi connectivity index (χ0) is 21.4. The second-order valence-electron chi connectivity index (χ2n) is 7.72. The van der Waals surface area contributed by atoms with Crippen molar-refractivity contribution >= 4 is 17.6 Å². The molecule has 0 aromatic heterocycles. The lowest BCUT2D eigenvalue weighted by molar-refractivity contribution is -0.153. The number of nitrogens with zero attached hydrogens (tertiary/aromatic N) is 1. The summed E-state index contributed by atoms with van der Waals surface area (Å²) in [6.45, 7) is 7.53. The molecule has 0 aliphatic rings. The van der Waals surface area contributed by atoms with Crippen LogP contribution in [0.1, 0.15) is 38.8 Å². The van der Waals surface area contributed by atoms with Gasteiger partial charge >= 0.3 is 5.97 Å². The predicted molar refractivity (Wildman–Crippen MR) is 111 cm³/mol. The first kappa shape index (κ1) is 22.0. The van der Waals surface area contributed by atoms with E-state index in [-0.39, 0.29) is 5.41 Å². The van der Waals surface area contributed by atoms with E-state index in [0.717, 1.165) is 11.1 Å². The van der Waals surface area contributed by atoms with Crippen LogP contribution in [-0.4, -0.2) is 24.6 Å². The molecule has 1 atom stereocenters. The zero-order valence-corrected chi connectivity index (χ0v) is 17.2. The molecule has 0 aliphatic heterocycles. The summed E-state index contributed by atoms with van der Waals surface area (Å²) in [5.41, 5.74) is 2.62. The van der Waals surface area contributed by atoms with E-state index < -0.39 is 24.6 Å². The summed E-state index contributed by atoms with van der Waals surface area (Å²) in [6.07, 6.45) is -0.531. The van der Waals surface area contributed by atoms with Gasteiger partial charge in [-0.15, -0.1) is 0 Å². The monoisotopic (exact) mass is 394 g/mol. The summed E-state index contributed by atoms with van der Waals surface area (Å²) >= 11 is 0. The minimum Gasteiger partial charge on any atom is -0.479 e. The molecule has 0 aliphatic carbocycles. The molecule has 29 heavy (non-hydrogen) atoms. The van der Waals surface area contributed by atoms with Gasteiger partial charge in [0.2, 0.25) is 0 Å². The van der Waals surface area contributed by atoms with Crippen molar-refractivity contribution in [3.8, 4) is 11.8 Å². The summed E-state index contributed by atoms with van der Waals surface area (Å²) in [7, 11) is 0. The smallest absolute Gasteiger partial charge is 0.347 e. The molecule has 0 bridgehead atoms. The summed E-state index contributed by atoms with van der Waals surface area (Å²) in [6, 6.07) is 16.5. The van der Waals surface area contributed by atoms with Gasteiger partial charge in [-0.05, 0) is 47.7 Å². The molecule has 0 fully saturated rings. The minimum absolute atomic E-state index is 0.0342. The highest BCUT2D eigenvalue weighted by atomic mass is 16.6. The summed E-state index contributed by atoms with van der Waals surface area (Å²) in [4.78, 5) is 24.0. The van der Waals surface area contributed by atoms with Crippen LogP contribution in [-0.2, 0) is 26.2 Å². The Kier molecular flexibility index (Phi) is 7.38. The fourth-order valence-electron chi connectivity index (χ4n) is 2.53. The van der Waals surface area contributed by atoms with Gasteiger partial charge in [0.05, 0.1) is 12.5 Å². The highest BCUT2D eigenvalue weighted by molar-refractivity contribution is 5.93. The van der Waals surface area contributed by atoms with Gasteiger partial charge in [0.1, 0.15) is 5.75 Å². The maximum absolute atomic E-state index is 12.1. The molecule has 2 aromatic rings. The Labute approximate surface area is 171 Å². The van der Waals surface area contributed by atoms with E-state index in [1.165, 1.54) is 0 Å². The molecule has 1 amide bonds. The second-order valence-corrected chi connectivity index (χ2v) is 7.72. The van der Waals surface area contributed by atoms with Crippen molar-refractivity contribution in [3.63, 3.8) is 0 Å². The van der Waals surface area contributed by atoms with Crippen molar-refractivity contribution in [2.24, 2.45) is 0 Å². The first-order valence-corrected chi connectivity index (χ1v) is 9.38. The van der Waals surface area contributed by atoms with Crippen molar-refractivity contribution in [3.05, 3.63) is 59.7 Å². The largest absolute Gasteiger partial charge is 0.479 e. The fourth-order valence-corrected chi connectivity index (χ4v) is 2.53. The van der Waals surface area contributed by atoms with Crippen LogP contribution in [0.25, 0.3) is 0 Å². The average Bonchev–Trinajstić information content (AvgIpc) is 2.67. The number of benzene rings is 2. The molecule has 0 heterocycles. The maximum Gasteiger partial charge on any atom is 0.347 e. The van der Waals surface area contributed by atoms with Gasteiger partial charge in [-0.25, -0.2) is 4.79 Å². The summed E-state index contributed by atoms with van der Waals surface area (Å²) in [5, 5.41) is 11.3. The number of anilines is 1. The van der Waals surface area contributed by atoms with E-state index in [2.05, 4.69) is 32.2 Å². The Morgan fingerprint density at radius 1 is 1.07 bits per heavy atom. The van der Waals surface area contributed by atoms with Crippen LogP contribution in [0.2, 0.25) is 0 Å². The van der Waals surface area contributed by atoms with Crippen molar-refractivity contribution in [1.82, 2.24) is 0 Å². The van der Waals surface area contributed by atoms with Gasteiger partial charge in [0.15, 0.2) is 12.7 Å². The Hall–Kier alpha value is -3.33. The minimum atomic E-state index is -0.839. The van der Waals surface area contributed by atoms with E-state index in [1.54, 1.807) is 31.2 Å². The van der Waals surface area contributed by atoms with E-state index in [9.17, 15) is 9.59 Å². The van der Waals surface area contributed by atoms with Gasteiger partial charge in [-0.1, -0.05) is 45.0 Å². The molecule has 1 N–H and O–H groups in total. The van der Waals surface area contributed by atoms with Crippen molar-refractivity contribution in [2.75, 3.05) is 11.9 Å². The lowest BCUT2D eigenvalue weighted by Gasteiger charge is -2.20. The number of rotatable bonds is 7. The number of carbonyl (C=O) groups is 2. The molecular formula is C23H26N2O4. The van der Waals surface area contributed by atoms with Crippen molar-refractivity contribution in [1.29, 1.82) is 5.26 Å². The van der Waals surface area contributed by atoms with Crippen LogP contribution in [0, 0.1) is 11.3 Å². The van der Waals surface area contributed by atoms with Crippen molar-refractivity contribution in [2.45, 2.75) is 45.6 Å². The molecule has 0 saturated heterocycles. The van der Waals surface area contributed by atoms with Gasteiger partial charge in [0.25, 0.3) is 5.91 Å². The SMILES string of the molecule is C[C@@H](Oc1ccc(C(C)(C)C)cc1)C(=O)OCC(=O)Nc1ccc(CC#N)cc1. The number of hydrogen-bond donors (Lipinski definition) is 1. The molecule has 2 rings (SSSR count). The standard InChI is InChI=1S/C23H26N2O4/c1-16(29-20-11-7-18(8-12-20)23(2,3)4)22(27)28-15-21(26)25-19-9-5-17(6-10-19)13-14-24/h5-12,16H,13,15H2,1-4H3,(H,25,26)/t16-/m1/s1. The van der Waals surface area contributed by atoms with Crippen molar-refractivity contribution < 1.29 is 19.1 Å². The molecule has 0 unspecified atom stereocenters. The lowest BCUT2D eigenvalue weighted by Crippen LogP contribution is -2.29. The third kappa shape index (κ3) is 6.96. The number of esters is 1. The molecule has 0 saturated carbocycles. The van der Waals surface area contributed by atoms with Gasteiger partial charge in [0, 0.05) is 5.69 Å². The second kappa shape index (κ2) is 9.74. The van der Waals surface area contributed by atoms with E-state index in [0.29, 0.717) is 17.9 Å². The number of nitriles is 1. The number of hydrogen-bond acceptors (Lipinski definition) is 5. The van der Waals surface area contributed by atoms with Crippen LogP contribution in [0.5, 0.6) is 5.75 Å². The fraction of sp³-hybridized carbons (Fsp3) is 0.348. The highest BCUT2D eigenvalue weighted by Crippen LogP contribution is 2.24. The van der Waals surface area contributed by atoms with Gasteiger partial charge in [-0.2, -0.15) is 5.26 Å². The van der Waals surface area contributed by atoms with E-state index in [1.807, 2.05) is 24.3 Å². The van der Waals surface area contributed by atoms with Crippen LogP contribution in [0.15, 0.2) is 48.5 Å². The number of amides is 1. The molecule has 0 radical (unpaired) electrons. The first-order chi connectivity index (χ1) is 13.7. The third-order valence-corrected chi connectivity index (χ3v) is 4.23. The highest BCUT2D eigenvalue weighted by Gasteiger charge is 2.19. The number of ether oxygens (including phenoxy) is 2. The van der Waals surface area contributed by atoms with E-state index >= 15 is 0 Å².